The van der Waals surface area contributed by atoms with Crippen molar-refractivity contribution in [1.29, 1.82) is 0 Å². The molecule has 4 N–H and O–H groups in total. The van der Waals surface area contributed by atoms with Gasteiger partial charge >= 0.3 is 6.09 Å². The number of aliphatic hydroxyl groups is 1. The van der Waals surface area contributed by atoms with E-state index in [1.165, 1.54) is 12.8 Å². The Balaban J connectivity index is 1.07. The molecule has 2 saturated carbocycles. The molecule has 0 aromatic heterocycles. The van der Waals surface area contributed by atoms with Gasteiger partial charge in [-0.25, -0.2) is 4.79 Å². The average Bonchev–Trinajstić information content (AvgIpc) is 3.82. The molecule has 12 nitrogen and oxygen atoms in total. The zero-order valence-corrected chi connectivity index (χ0v) is 28.5. The van der Waals surface area contributed by atoms with Crippen molar-refractivity contribution in [2.45, 2.75) is 101 Å². The number of likely N-dealkylation sites (tertiary alicyclic amines) is 1. The number of carbonyl (C=O) groups excluding carboxylic acids is 3. The zero-order valence-electron chi connectivity index (χ0n) is 28.5. The van der Waals surface area contributed by atoms with Crippen LogP contribution in [0.5, 0.6) is 11.5 Å². The topological polar surface area (TPSA) is 153 Å². The first-order valence-electron chi connectivity index (χ1n) is 18.2. The summed E-state index contributed by atoms with van der Waals surface area (Å²) in [6, 6.07) is 3.71. The third-order valence-corrected chi connectivity index (χ3v) is 11.1. The minimum Gasteiger partial charge on any atom is -0.477 e. The molecule has 2 amide bonds. The van der Waals surface area contributed by atoms with E-state index in [0.29, 0.717) is 103 Å². The van der Waals surface area contributed by atoms with E-state index in [2.05, 4.69) is 10.2 Å². The van der Waals surface area contributed by atoms with E-state index in [1.807, 2.05) is 13.0 Å². The molecule has 3 aliphatic carbocycles. The standard InChI is InChI=1S/C36H54N4O8/c1-2-45-21-22-46-20-4-3-7-30(42)38-16-6-18-39(17-5-15-37)34(43)47-28-11-10-26-23-29-36(44)13-12-27(41)33-35(36,31(26)32(28)48-33)14-19-40(29)24-25-8-9-25/h10-11,25,29,33,44H,2-9,12-24,37H2,1H3,(H,38,42)/t29-,33+,35+,36-/m1/s1. The van der Waals surface area contributed by atoms with Gasteiger partial charge < -0.3 is 40.0 Å². The molecule has 12 heteroatoms. The van der Waals surface area contributed by atoms with Gasteiger partial charge in [0.25, 0.3) is 0 Å². The number of piperidine rings is 1. The first-order valence-corrected chi connectivity index (χ1v) is 18.2. The SMILES string of the molecule is CCOCCOCCCCC(=O)NCCCN(CCCN)C(=O)Oc1ccc2c3c1O[C@H]1C(=O)CC[C@@]4(O)[C@@H](C2)N(CC2CC2)CC[C@]314. The van der Waals surface area contributed by atoms with E-state index in [0.717, 1.165) is 37.1 Å². The second-order valence-corrected chi connectivity index (χ2v) is 14.2. The lowest BCUT2D eigenvalue weighted by atomic mass is 9.49. The molecule has 1 aromatic carbocycles. The molecule has 48 heavy (non-hydrogen) atoms. The summed E-state index contributed by atoms with van der Waals surface area (Å²) in [6.07, 6.45) is 6.35. The average molecular weight is 671 g/mol. The minimum atomic E-state index is -1.07. The molecule has 0 unspecified atom stereocenters. The zero-order chi connectivity index (χ0) is 33.7. The van der Waals surface area contributed by atoms with Crippen molar-refractivity contribution in [2.75, 3.05) is 65.7 Å². The summed E-state index contributed by atoms with van der Waals surface area (Å²) >= 11 is 0. The van der Waals surface area contributed by atoms with Gasteiger partial charge in [-0.1, -0.05) is 6.07 Å². The highest BCUT2D eigenvalue weighted by Gasteiger charge is 2.73. The predicted molar refractivity (Wildman–Crippen MR) is 178 cm³/mol. The third-order valence-electron chi connectivity index (χ3n) is 11.1. The number of unbranched alkanes of at least 4 members (excludes halogenated alkanes) is 1. The van der Waals surface area contributed by atoms with Crippen LogP contribution >= 0.6 is 0 Å². The summed E-state index contributed by atoms with van der Waals surface area (Å²) in [7, 11) is 0. The Morgan fingerprint density at radius 3 is 2.71 bits per heavy atom. The summed E-state index contributed by atoms with van der Waals surface area (Å²) < 4.78 is 23.2. The quantitative estimate of drug-likeness (QED) is 0.187. The van der Waals surface area contributed by atoms with E-state index in [1.54, 1.807) is 11.0 Å². The monoisotopic (exact) mass is 670 g/mol. The first-order chi connectivity index (χ1) is 23.3. The number of nitrogens with one attached hydrogen (secondary N) is 1. The fraction of sp³-hybridized carbons (Fsp3) is 0.750. The lowest BCUT2D eigenvalue weighted by Gasteiger charge is -2.62. The number of amides is 2. The van der Waals surface area contributed by atoms with E-state index in [4.69, 9.17) is 24.7 Å². The van der Waals surface area contributed by atoms with E-state index in [9.17, 15) is 19.5 Å². The molecule has 2 bridgehead atoms. The Morgan fingerprint density at radius 1 is 1.10 bits per heavy atom. The maximum atomic E-state index is 13.6. The number of benzene rings is 1. The van der Waals surface area contributed by atoms with Gasteiger partial charge in [0.05, 0.1) is 24.2 Å². The number of rotatable bonds is 19. The minimum absolute atomic E-state index is 0.00728. The summed E-state index contributed by atoms with van der Waals surface area (Å²) in [6.45, 7) is 7.84. The number of Topliss-reactive ketones (excluding diaryl/α,β-unsaturated/α-hetero) is 1. The number of hydrogen-bond acceptors (Lipinski definition) is 10. The van der Waals surface area contributed by atoms with Crippen LogP contribution < -0.4 is 20.5 Å². The van der Waals surface area contributed by atoms with Crippen LogP contribution in [-0.2, 0) is 30.9 Å². The van der Waals surface area contributed by atoms with Crippen LogP contribution in [0.15, 0.2) is 12.1 Å². The molecule has 2 heterocycles. The fourth-order valence-corrected chi connectivity index (χ4v) is 8.51. The Hall–Kier alpha value is -2.77. The molecule has 1 saturated heterocycles. The molecule has 0 radical (unpaired) electrons. The summed E-state index contributed by atoms with van der Waals surface area (Å²) in [5.41, 5.74) is 5.82. The molecule has 6 rings (SSSR count). The smallest absolute Gasteiger partial charge is 0.415 e. The lowest BCUT2D eigenvalue weighted by molar-refractivity contribution is -0.188. The summed E-state index contributed by atoms with van der Waals surface area (Å²) in [5, 5.41) is 15.5. The Morgan fingerprint density at radius 2 is 1.92 bits per heavy atom. The highest BCUT2D eigenvalue weighted by Crippen LogP contribution is 2.65. The molecule has 266 valence electrons. The molecular formula is C36H54N4O8. The molecule has 1 spiro atoms. The van der Waals surface area contributed by atoms with Crippen molar-refractivity contribution in [3.8, 4) is 11.5 Å². The van der Waals surface area contributed by atoms with Crippen LogP contribution in [0.25, 0.3) is 0 Å². The highest BCUT2D eigenvalue weighted by molar-refractivity contribution is 5.90. The number of ketones is 1. The number of hydrogen-bond donors (Lipinski definition) is 3. The lowest BCUT2D eigenvalue weighted by Crippen LogP contribution is -2.76. The molecule has 5 aliphatic rings. The molecule has 1 aromatic rings. The van der Waals surface area contributed by atoms with Gasteiger partial charge in [-0.2, -0.15) is 0 Å². The number of nitrogens with zero attached hydrogens (tertiary/aromatic N) is 2. The molecular weight excluding hydrogens is 616 g/mol. The van der Waals surface area contributed by atoms with Gasteiger partial charge in [0, 0.05) is 63.8 Å². The van der Waals surface area contributed by atoms with Crippen molar-refractivity contribution in [2.24, 2.45) is 11.7 Å². The van der Waals surface area contributed by atoms with Crippen LogP contribution in [0.2, 0.25) is 0 Å². The Kier molecular flexibility index (Phi) is 11.3. The van der Waals surface area contributed by atoms with Crippen molar-refractivity contribution < 1.29 is 38.4 Å². The van der Waals surface area contributed by atoms with Crippen LogP contribution in [0.1, 0.15) is 82.3 Å². The van der Waals surface area contributed by atoms with Crippen LogP contribution in [-0.4, -0.2) is 116 Å². The van der Waals surface area contributed by atoms with Crippen LogP contribution in [0, 0.1) is 5.92 Å². The van der Waals surface area contributed by atoms with Gasteiger partial charge in [0.15, 0.2) is 23.4 Å². The Bertz CT molecular complexity index is 1320. The number of nitrogens with two attached hydrogens (primary N) is 1. The fourth-order valence-electron chi connectivity index (χ4n) is 8.51. The van der Waals surface area contributed by atoms with Crippen LogP contribution in [0.4, 0.5) is 4.79 Å². The summed E-state index contributed by atoms with van der Waals surface area (Å²) in [4.78, 5) is 43.4. The normalized spacial score (nSPS) is 26.9. The second kappa shape index (κ2) is 15.4. The van der Waals surface area contributed by atoms with Gasteiger partial charge in [0.1, 0.15) is 0 Å². The Labute approximate surface area is 283 Å². The van der Waals surface area contributed by atoms with Crippen LogP contribution in [0.3, 0.4) is 0 Å². The second-order valence-electron chi connectivity index (χ2n) is 14.2. The highest BCUT2D eigenvalue weighted by atomic mass is 16.6. The maximum Gasteiger partial charge on any atom is 0.415 e. The van der Waals surface area contributed by atoms with E-state index >= 15 is 0 Å². The van der Waals surface area contributed by atoms with E-state index < -0.39 is 23.2 Å². The maximum absolute atomic E-state index is 13.6. The predicted octanol–water partition coefficient (Wildman–Crippen LogP) is 2.70. The summed E-state index contributed by atoms with van der Waals surface area (Å²) in [5.74, 6) is 1.40. The van der Waals surface area contributed by atoms with Crippen molar-refractivity contribution in [1.82, 2.24) is 15.1 Å². The van der Waals surface area contributed by atoms with Gasteiger partial charge in [-0.3, -0.25) is 14.5 Å². The van der Waals surface area contributed by atoms with Gasteiger partial charge in [0.2, 0.25) is 5.91 Å². The molecule has 3 fully saturated rings. The third kappa shape index (κ3) is 6.96. The van der Waals surface area contributed by atoms with E-state index in [-0.39, 0.29) is 29.9 Å². The van der Waals surface area contributed by atoms with Gasteiger partial charge in [-0.15, -0.1) is 0 Å². The molecule has 2 aliphatic heterocycles. The van der Waals surface area contributed by atoms with Gasteiger partial charge in [-0.05, 0) is 95.3 Å². The van der Waals surface area contributed by atoms with Crippen molar-refractivity contribution >= 4 is 17.8 Å². The largest absolute Gasteiger partial charge is 0.477 e. The molecule has 4 atom stereocenters. The first kappa shape index (κ1) is 35.1. The number of carbonyl (C=O) groups is 3. The number of ether oxygens (including phenoxy) is 4. The van der Waals surface area contributed by atoms with Crippen molar-refractivity contribution in [3.63, 3.8) is 0 Å². The van der Waals surface area contributed by atoms with Crippen molar-refractivity contribution in [3.05, 3.63) is 23.3 Å².